The molecule has 0 saturated carbocycles. The van der Waals surface area contributed by atoms with Crippen molar-refractivity contribution in [1.29, 1.82) is 0 Å². The number of hydrogen-bond acceptors (Lipinski definition) is 0. The number of hydrogen-bond donors (Lipinski definition) is 0. The Morgan fingerprint density at radius 1 is 0.385 bits per heavy atom. The van der Waals surface area contributed by atoms with Crippen molar-refractivity contribution in [3.8, 4) is 44.5 Å². The molecule has 0 aromatic heterocycles. The molecule has 0 bridgehead atoms. The van der Waals surface area contributed by atoms with E-state index in [0.29, 0.717) is 0 Å². The van der Waals surface area contributed by atoms with Crippen molar-refractivity contribution in [2.24, 2.45) is 0 Å². The Labute approximate surface area is 274 Å². The van der Waals surface area contributed by atoms with E-state index >= 15 is 0 Å². The van der Waals surface area contributed by atoms with Gasteiger partial charge in [0.25, 0.3) is 0 Å². The zero-order valence-corrected chi connectivity index (χ0v) is 28.5. The summed E-state index contributed by atoms with van der Waals surface area (Å²) in [5.74, 6) is 0. The van der Waals surface area contributed by atoms with Gasteiger partial charge in [0.05, 0.1) is 0 Å². The Kier molecular flexibility index (Phi) is 15.0. The first kappa shape index (κ1) is 32.6. The van der Waals surface area contributed by atoms with Gasteiger partial charge in [-0.25, -0.2) is 0 Å². The minimum atomic E-state index is 0. The van der Waals surface area contributed by atoms with E-state index in [-0.39, 0.29) is 52.3 Å². The van der Waals surface area contributed by atoms with Crippen LogP contribution in [0.4, 0.5) is 0 Å². The van der Waals surface area contributed by atoms with Crippen molar-refractivity contribution in [3.63, 3.8) is 0 Å². The molecule has 0 unspecified atom stereocenters. The van der Waals surface area contributed by atoms with Gasteiger partial charge < -0.3 is 12.4 Å². The summed E-state index contributed by atoms with van der Waals surface area (Å²) in [6.45, 7) is 4.42. The molecular weight excluding hydrogens is 728 g/mol. The summed E-state index contributed by atoms with van der Waals surface area (Å²) in [4.78, 5) is 0. The van der Waals surface area contributed by atoms with Crippen molar-refractivity contribution in [2.45, 2.75) is 13.1 Å². The SMILES string of the molecule is C[SiH]C.[Cl-].[Th].c1ccc(-c2c[cH-]cc2-c2ccccc2)cc1.c1ccc(-c2c[cH-]cc2-c2ccccc2)cc1. The van der Waals surface area contributed by atoms with E-state index in [4.69, 9.17) is 0 Å². The van der Waals surface area contributed by atoms with E-state index in [9.17, 15) is 0 Å². The maximum atomic E-state index is 2.21. The molecule has 6 aromatic carbocycles. The van der Waals surface area contributed by atoms with Gasteiger partial charge in [0.2, 0.25) is 0 Å². The van der Waals surface area contributed by atoms with E-state index in [2.05, 4.69) is 171 Å². The first-order chi connectivity index (χ1) is 18.3. The summed E-state index contributed by atoms with van der Waals surface area (Å²) < 4.78 is 0. The van der Waals surface area contributed by atoms with Gasteiger partial charge in [-0.2, -0.15) is 58.7 Å². The van der Waals surface area contributed by atoms with E-state index in [1.807, 2.05) is 0 Å². The minimum Gasteiger partial charge on any atom is -1.00 e. The molecule has 0 aliphatic heterocycles. The van der Waals surface area contributed by atoms with Crippen LogP contribution in [-0.2, 0) is 0 Å². The summed E-state index contributed by atoms with van der Waals surface area (Å²) in [7, 11) is 0.750. The van der Waals surface area contributed by atoms with E-state index in [1.54, 1.807) is 0 Å². The molecule has 0 nitrogen and oxygen atoms in total. The Morgan fingerprint density at radius 2 is 0.564 bits per heavy atom. The van der Waals surface area contributed by atoms with Gasteiger partial charge in [-0.3, -0.25) is 0 Å². The topological polar surface area (TPSA) is 0 Å². The molecule has 0 aliphatic rings. The van der Waals surface area contributed by atoms with Crippen molar-refractivity contribution in [1.82, 2.24) is 0 Å². The molecule has 6 rings (SSSR count). The molecular formula is C36H33ClSiTh-3. The normalized spacial score (nSPS) is 9.49. The van der Waals surface area contributed by atoms with Crippen LogP contribution < -0.4 is 12.4 Å². The molecule has 0 aliphatic carbocycles. The first-order valence-corrected chi connectivity index (χ1v) is 15.1. The molecule has 0 saturated heterocycles. The fourth-order valence-corrected chi connectivity index (χ4v) is 4.32. The Hall–Kier alpha value is -2.59. The summed E-state index contributed by atoms with van der Waals surface area (Å²) in [5, 5.41) is 0. The molecule has 0 heterocycles. The average molecular weight is 761 g/mol. The Bertz CT molecular complexity index is 1220. The third-order valence-corrected chi connectivity index (χ3v) is 5.97. The molecule has 0 N–H and O–H groups in total. The van der Waals surface area contributed by atoms with Crippen molar-refractivity contribution >= 4 is 9.52 Å². The van der Waals surface area contributed by atoms with Crippen LogP contribution in [0.25, 0.3) is 44.5 Å². The zero-order chi connectivity index (χ0) is 25.7. The van der Waals surface area contributed by atoms with Gasteiger partial charge >= 0.3 is 0 Å². The minimum absolute atomic E-state index is 0. The molecule has 1 radical (unpaired) electrons. The van der Waals surface area contributed by atoms with Gasteiger partial charge in [-0.05, 0) is 0 Å². The molecule has 0 spiro atoms. The predicted octanol–water partition coefficient (Wildman–Crippen LogP) is 7.00. The predicted molar refractivity (Wildman–Crippen MR) is 165 cm³/mol. The van der Waals surface area contributed by atoms with Gasteiger partial charge in [-0.15, -0.1) is 0 Å². The summed E-state index contributed by atoms with van der Waals surface area (Å²) in [6, 6.07) is 55.0. The van der Waals surface area contributed by atoms with Crippen LogP contribution in [0.5, 0.6) is 0 Å². The van der Waals surface area contributed by atoms with Crippen molar-refractivity contribution < 1.29 is 52.3 Å². The van der Waals surface area contributed by atoms with Gasteiger partial charge in [-0.1, -0.05) is 157 Å². The third kappa shape index (κ3) is 9.24. The molecule has 3 heteroatoms. The molecule has 6 aromatic rings. The quantitative estimate of drug-likeness (QED) is 0.134. The molecule has 39 heavy (non-hydrogen) atoms. The van der Waals surface area contributed by atoms with Gasteiger partial charge in [0, 0.05) is 49.5 Å². The van der Waals surface area contributed by atoms with Crippen LogP contribution in [0.3, 0.4) is 0 Å². The number of benzene rings is 4. The zero-order valence-electron chi connectivity index (χ0n) is 22.5. The van der Waals surface area contributed by atoms with Gasteiger partial charge in [0.1, 0.15) is 0 Å². The summed E-state index contributed by atoms with van der Waals surface area (Å²) >= 11 is 0. The third-order valence-electron chi connectivity index (χ3n) is 5.97. The number of halogens is 1. The van der Waals surface area contributed by atoms with Crippen molar-refractivity contribution in [2.75, 3.05) is 0 Å². The maximum Gasteiger partial charge on any atom is 0.0213 e. The molecule has 0 amide bonds. The van der Waals surface area contributed by atoms with Crippen LogP contribution in [0, 0.1) is 39.9 Å². The first-order valence-electron chi connectivity index (χ1n) is 12.8. The monoisotopic (exact) mass is 760 g/mol. The number of rotatable bonds is 4. The van der Waals surface area contributed by atoms with E-state index in [0.717, 1.165) is 9.52 Å². The van der Waals surface area contributed by atoms with E-state index in [1.165, 1.54) is 44.5 Å². The van der Waals surface area contributed by atoms with Crippen LogP contribution in [0.15, 0.2) is 158 Å². The Balaban J connectivity index is 0.000000238. The molecule has 195 valence electrons. The average Bonchev–Trinajstić information content (AvgIpc) is 3.67. The smallest absolute Gasteiger partial charge is 0.0213 e. The maximum absolute atomic E-state index is 2.21. The molecule has 0 fully saturated rings. The molecule has 0 atom stereocenters. The standard InChI is InChI=1S/2C17H13.C2H7Si.ClH.Th/c2*1-3-8-14(9-4-1)16-12-7-13-17(16)15-10-5-2-6-11-15;1-3-2;;/h2*1-13H;3H,1-2H3;1H;/q2*-1;;;/p-1. The largest absolute Gasteiger partial charge is 1.00 e. The summed E-state index contributed by atoms with van der Waals surface area (Å²) in [6.07, 6.45) is 0. The van der Waals surface area contributed by atoms with Crippen LogP contribution in [0.1, 0.15) is 0 Å². The fourth-order valence-electron chi connectivity index (χ4n) is 4.32. The van der Waals surface area contributed by atoms with Crippen LogP contribution in [0.2, 0.25) is 13.1 Å². The van der Waals surface area contributed by atoms with E-state index < -0.39 is 0 Å². The second kappa shape index (κ2) is 17.9. The summed E-state index contributed by atoms with van der Waals surface area (Å²) in [5.41, 5.74) is 10.3. The van der Waals surface area contributed by atoms with Crippen LogP contribution in [-0.4, -0.2) is 9.52 Å². The second-order valence-electron chi connectivity index (χ2n) is 8.75. The fraction of sp³-hybridized carbons (Fsp3) is 0.0556. The van der Waals surface area contributed by atoms with Crippen LogP contribution >= 0.6 is 0 Å². The van der Waals surface area contributed by atoms with Crippen molar-refractivity contribution in [3.05, 3.63) is 158 Å². The Morgan fingerprint density at radius 3 is 0.744 bits per heavy atom. The second-order valence-corrected chi connectivity index (χ2v) is 9.90. The van der Waals surface area contributed by atoms with Gasteiger partial charge in [0.15, 0.2) is 0 Å².